The second-order valence-electron chi connectivity index (χ2n) is 8.11. The molecule has 0 aliphatic carbocycles. The SMILES string of the molecule is CCOc1cccc(/C=C/C(=O)N2CCN(c3nc(-c4ccc5ccccc5c4)no3)CC2)c1. The fourth-order valence-electron chi connectivity index (χ4n) is 4.06. The van der Waals surface area contributed by atoms with Gasteiger partial charge in [-0.2, -0.15) is 4.98 Å². The smallest absolute Gasteiger partial charge is 0.324 e. The first kappa shape index (κ1) is 21.7. The normalized spacial score (nSPS) is 14.1. The molecular weight excluding hydrogens is 428 g/mol. The van der Waals surface area contributed by atoms with Gasteiger partial charge in [0.15, 0.2) is 0 Å². The Morgan fingerprint density at radius 3 is 2.65 bits per heavy atom. The topological polar surface area (TPSA) is 71.7 Å². The van der Waals surface area contributed by atoms with Crippen LogP contribution in [-0.2, 0) is 4.79 Å². The summed E-state index contributed by atoms with van der Waals surface area (Å²) >= 11 is 0. The Kier molecular flexibility index (Phi) is 6.25. The number of hydrogen-bond acceptors (Lipinski definition) is 6. The molecule has 4 aromatic rings. The van der Waals surface area contributed by atoms with Crippen LogP contribution in [0.15, 0.2) is 77.3 Å². The Bertz CT molecular complexity index is 1320. The molecule has 1 aliphatic rings. The van der Waals surface area contributed by atoms with E-state index < -0.39 is 0 Å². The summed E-state index contributed by atoms with van der Waals surface area (Å²) in [5.41, 5.74) is 1.85. The number of aromatic nitrogens is 2. The van der Waals surface area contributed by atoms with Crippen molar-refractivity contribution in [3.8, 4) is 17.1 Å². The van der Waals surface area contributed by atoms with E-state index in [-0.39, 0.29) is 5.91 Å². The van der Waals surface area contributed by atoms with Gasteiger partial charge in [-0.05, 0) is 47.5 Å². The summed E-state index contributed by atoms with van der Waals surface area (Å²) in [5.74, 6) is 1.36. The summed E-state index contributed by atoms with van der Waals surface area (Å²) < 4.78 is 11.1. The second-order valence-corrected chi connectivity index (χ2v) is 8.11. The molecule has 1 amide bonds. The van der Waals surface area contributed by atoms with Crippen molar-refractivity contribution in [2.45, 2.75) is 6.92 Å². The first-order valence-corrected chi connectivity index (χ1v) is 11.5. The van der Waals surface area contributed by atoms with Crippen molar-refractivity contribution in [3.63, 3.8) is 0 Å². The van der Waals surface area contributed by atoms with Crippen molar-refractivity contribution in [1.29, 1.82) is 0 Å². The minimum Gasteiger partial charge on any atom is -0.494 e. The lowest BCUT2D eigenvalue weighted by atomic mass is 10.1. The molecule has 0 N–H and O–H groups in total. The number of ether oxygens (including phenoxy) is 1. The molecule has 1 aliphatic heterocycles. The third-order valence-electron chi connectivity index (χ3n) is 5.87. The molecule has 1 fully saturated rings. The van der Waals surface area contributed by atoms with Crippen LogP contribution in [0.1, 0.15) is 12.5 Å². The van der Waals surface area contributed by atoms with Crippen molar-refractivity contribution in [3.05, 3.63) is 78.4 Å². The van der Waals surface area contributed by atoms with Gasteiger partial charge in [0.1, 0.15) is 5.75 Å². The zero-order valence-electron chi connectivity index (χ0n) is 19.1. The van der Waals surface area contributed by atoms with Gasteiger partial charge in [-0.3, -0.25) is 4.79 Å². The number of benzene rings is 3. The molecule has 0 radical (unpaired) electrons. The molecule has 172 valence electrons. The third kappa shape index (κ3) is 4.78. The van der Waals surface area contributed by atoms with E-state index in [0.29, 0.717) is 44.6 Å². The van der Waals surface area contributed by atoms with Gasteiger partial charge < -0.3 is 19.1 Å². The number of amides is 1. The number of carbonyl (C=O) groups excluding carboxylic acids is 1. The highest BCUT2D eigenvalue weighted by molar-refractivity contribution is 5.92. The van der Waals surface area contributed by atoms with E-state index in [4.69, 9.17) is 9.26 Å². The zero-order chi connectivity index (χ0) is 23.3. The van der Waals surface area contributed by atoms with E-state index in [1.54, 1.807) is 6.08 Å². The van der Waals surface area contributed by atoms with Crippen LogP contribution in [0.3, 0.4) is 0 Å². The summed E-state index contributed by atoms with van der Waals surface area (Å²) in [6.07, 6.45) is 3.44. The van der Waals surface area contributed by atoms with E-state index in [0.717, 1.165) is 22.3 Å². The minimum absolute atomic E-state index is 0.0103. The second kappa shape index (κ2) is 9.79. The molecule has 0 bridgehead atoms. The number of fused-ring (bicyclic) bond motifs is 1. The number of anilines is 1. The molecule has 0 atom stereocenters. The Hall–Kier alpha value is -4.13. The zero-order valence-corrected chi connectivity index (χ0v) is 19.1. The van der Waals surface area contributed by atoms with Crippen molar-refractivity contribution >= 4 is 28.8 Å². The molecule has 1 saturated heterocycles. The van der Waals surface area contributed by atoms with Gasteiger partial charge in [-0.15, -0.1) is 0 Å². The van der Waals surface area contributed by atoms with Crippen LogP contribution in [-0.4, -0.2) is 53.7 Å². The predicted molar refractivity (Wildman–Crippen MR) is 133 cm³/mol. The third-order valence-corrected chi connectivity index (χ3v) is 5.87. The molecule has 34 heavy (non-hydrogen) atoms. The Morgan fingerprint density at radius 2 is 1.82 bits per heavy atom. The monoisotopic (exact) mass is 454 g/mol. The molecule has 7 heteroatoms. The Morgan fingerprint density at radius 1 is 1.00 bits per heavy atom. The van der Waals surface area contributed by atoms with E-state index in [1.165, 1.54) is 5.39 Å². The van der Waals surface area contributed by atoms with Crippen LogP contribution in [0, 0.1) is 0 Å². The number of hydrogen-bond donors (Lipinski definition) is 0. The van der Waals surface area contributed by atoms with Gasteiger partial charge in [-0.25, -0.2) is 0 Å². The average Bonchev–Trinajstić information content (AvgIpc) is 3.38. The number of rotatable bonds is 6. The van der Waals surface area contributed by atoms with Crippen molar-refractivity contribution < 1.29 is 14.1 Å². The molecule has 1 aromatic heterocycles. The first-order valence-electron chi connectivity index (χ1n) is 11.5. The highest BCUT2D eigenvalue weighted by atomic mass is 16.5. The van der Waals surface area contributed by atoms with Gasteiger partial charge in [0.2, 0.25) is 11.7 Å². The maximum Gasteiger partial charge on any atom is 0.324 e. The van der Waals surface area contributed by atoms with Crippen LogP contribution in [0.5, 0.6) is 5.75 Å². The van der Waals surface area contributed by atoms with Crippen molar-refractivity contribution in [1.82, 2.24) is 15.0 Å². The molecular formula is C27H26N4O3. The Balaban J connectivity index is 1.19. The average molecular weight is 455 g/mol. The van der Waals surface area contributed by atoms with Crippen LogP contribution in [0.25, 0.3) is 28.2 Å². The predicted octanol–water partition coefficient (Wildman–Crippen LogP) is 4.65. The van der Waals surface area contributed by atoms with Crippen LogP contribution in [0.2, 0.25) is 0 Å². The summed E-state index contributed by atoms with van der Waals surface area (Å²) in [7, 11) is 0. The highest BCUT2D eigenvalue weighted by Gasteiger charge is 2.23. The fourth-order valence-corrected chi connectivity index (χ4v) is 4.06. The first-order chi connectivity index (χ1) is 16.7. The molecule has 2 heterocycles. The number of carbonyl (C=O) groups is 1. The number of piperazine rings is 1. The molecule has 5 rings (SSSR count). The molecule has 7 nitrogen and oxygen atoms in total. The highest BCUT2D eigenvalue weighted by Crippen LogP contribution is 2.25. The van der Waals surface area contributed by atoms with Gasteiger partial charge >= 0.3 is 6.01 Å². The number of nitrogens with zero attached hydrogens (tertiary/aromatic N) is 4. The fraction of sp³-hybridized carbons (Fsp3) is 0.222. The molecule has 3 aromatic carbocycles. The van der Waals surface area contributed by atoms with Crippen LogP contribution >= 0.6 is 0 Å². The maximum absolute atomic E-state index is 12.7. The lowest BCUT2D eigenvalue weighted by molar-refractivity contribution is -0.126. The van der Waals surface area contributed by atoms with E-state index in [2.05, 4.69) is 34.4 Å². The quantitative estimate of drug-likeness (QED) is 0.395. The summed E-state index contributed by atoms with van der Waals surface area (Å²) in [6, 6.07) is 22.5. The van der Waals surface area contributed by atoms with Gasteiger partial charge in [0, 0.05) is 37.8 Å². The Labute approximate surface area is 198 Å². The molecule has 0 saturated carbocycles. The summed E-state index contributed by atoms with van der Waals surface area (Å²) in [6.45, 7) is 5.02. The van der Waals surface area contributed by atoms with Gasteiger partial charge in [0.05, 0.1) is 6.61 Å². The molecule has 0 unspecified atom stereocenters. The van der Waals surface area contributed by atoms with Crippen LogP contribution in [0.4, 0.5) is 6.01 Å². The van der Waals surface area contributed by atoms with Gasteiger partial charge in [-0.1, -0.05) is 53.7 Å². The minimum atomic E-state index is -0.0103. The largest absolute Gasteiger partial charge is 0.494 e. The standard InChI is InChI=1S/C27H26N4O3/c1-2-33-24-9-5-6-20(18-24)10-13-25(32)30-14-16-31(17-15-30)27-28-26(29-34-27)23-12-11-21-7-3-4-8-22(21)19-23/h3-13,18-19H,2,14-17H2,1H3/b13-10+. The lowest BCUT2D eigenvalue weighted by Crippen LogP contribution is -2.48. The van der Waals surface area contributed by atoms with E-state index in [9.17, 15) is 4.79 Å². The van der Waals surface area contributed by atoms with E-state index in [1.807, 2.05) is 65.3 Å². The lowest BCUT2D eigenvalue weighted by Gasteiger charge is -2.32. The maximum atomic E-state index is 12.7. The van der Waals surface area contributed by atoms with Gasteiger partial charge in [0.25, 0.3) is 0 Å². The summed E-state index contributed by atoms with van der Waals surface area (Å²) in [5, 5.41) is 6.48. The molecule has 0 spiro atoms. The van der Waals surface area contributed by atoms with Crippen molar-refractivity contribution in [2.75, 3.05) is 37.7 Å². The summed E-state index contributed by atoms with van der Waals surface area (Å²) in [4.78, 5) is 21.1. The van der Waals surface area contributed by atoms with Crippen LogP contribution < -0.4 is 9.64 Å². The van der Waals surface area contributed by atoms with E-state index >= 15 is 0 Å². The van der Waals surface area contributed by atoms with Crippen molar-refractivity contribution in [2.24, 2.45) is 0 Å².